The first-order valence-corrected chi connectivity index (χ1v) is 15.1. The van der Waals surface area contributed by atoms with Crippen molar-refractivity contribution in [3.8, 4) is 0 Å². The largest absolute Gasteiger partial charge is 0.534 e. The van der Waals surface area contributed by atoms with Crippen molar-refractivity contribution in [1.82, 2.24) is 9.80 Å². The van der Waals surface area contributed by atoms with E-state index in [4.69, 9.17) is 9.47 Å². The molecule has 2 amide bonds. The topological polar surface area (TPSA) is 102 Å². The first-order chi connectivity index (χ1) is 19.5. The first kappa shape index (κ1) is 35.9. The Balaban J connectivity index is 0.000000300. The van der Waals surface area contributed by atoms with E-state index in [2.05, 4.69) is 11.1 Å². The lowest BCUT2D eigenvalue weighted by molar-refractivity contribution is -0.0546. The fourth-order valence-corrected chi connectivity index (χ4v) is 4.40. The number of halogens is 4. The Kier molecular flexibility index (Phi) is 11.3. The van der Waals surface area contributed by atoms with Crippen LogP contribution in [0.4, 0.5) is 27.2 Å². The van der Waals surface area contributed by atoms with E-state index in [1.54, 1.807) is 38.7 Å². The van der Waals surface area contributed by atoms with Crippen molar-refractivity contribution in [3.63, 3.8) is 0 Å². The van der Waals surface area contributed by atoms with Crippen LogP contribution >= 0.6 is 0 Å². The summed E-state index contributed by atoms with van der Waals surface area (Å²) < 4.78 is 87.4. The average molecular weight is 637 g/mol. The fourth-order valence-electron chi connectivity index (χ4n) is 3.93. The SMILES string of the molecule is C[C@H]1CC=C(OS(=O)(=O)C(F)(F)F)N(C(=O)OC(C)(C)C)C1.C[C@H]1CC=C(c2cccc(F)c2)N(C(=O)OC(C)(C)C)C1. The predicted octanol–water partition coefficient (Wildman–Crippen LogP) is 7.41. The number of hydrogen-bond acceptors (Lipinski definition) is 7. The van der Waals surface area contributed by atoms with Crippen LogP contribution in [-0.2, 0) is 23.8 Å². The zero-order chi connectivity index (χ0) is 33.0. The van der Waals surface area contributed by atoms with Gasteiger partial charge in [-0.1, -0.05) is 32.1 Å². The second-order valence-electron chi connectivity index (χ2n) is 12.5. The van der Waals surface area contributed by atoms with Crippen molar-refractivity contribution in [2.75, 3.05) is 13.1 Å². The minimum Gasteiger partial charge on any atom is -0.443 e. The van der Waals surface area contributed by atoms with Gasteiger partial charge in [0.25, 0.3) is 0 Å². The van der Waals surface area contributed by atoms with Gasteiger partial charge in [0.05, 0.1) is 5.70 Å². The van der Waals surface area contributed by atoms with Crippen LogP contribution < -0.4 is 0 Å². The summed E-state index contributed by atoms with van der Waals surface area (Å²) in [4.78, 5) is 26.8. The molecule has 1 aromatic rings. The van der Waals surface area contributed by atoms with Gasteiger partial charge in [-0.3, -0.25) is 4.90 Å². The van der Waals surface area contributed by atoms with E-state index >= 15 is 0 Å². The molecule has 43 heavy (non-hydrogen) atoms. The maximum atomic E-state index is 13.4. The molecule has 0 radical (unpaired) electrons. The highest BCUT2D eigenvalue weighted by atomic mass is 32.2. The number of ether oxygens (including phenoxy) is 2. The Bertz CT molecular complexity index is 1330. The number of carbonyl (C=O) groups is 2. The molecule has 242 valence electrons. The van der Waals surface area contributed by atoms with Crippen LogP contribution in [0.2, 0.25) is 0 Å². The molecule has 0 aliphatic carbocycles. The van der Waals surface area contributed by atoms with E-state index < -0.39 is 38.8 Å². The molecular weight excluding hydrogens is 596 g/mol. The highest BCUT2D eigenvalue weighted by Crippen LogP contribution is 2.31. The third-order valence-electron chi connectivity index (χ3n) is 5.78. The molecule has 0 bridgehead atoms. The summed E-state index contributed by atoms with van der Waals surface area (Å²) in [6.45, 7) is 14.7. The zero-order valence-corrected chi connectivity index (χ0v) is 26.4. The summed E-state index contributed by atoms with van der Waals surface area (Å²) in [5, 5.41) is 0. The van der Waals surface area contributed by atoms with E-state index in [0.29, 0.717) is 18.0 Å². The van der Waals surface area contributed by atoms with Gasteiger partial charge in [0.2, 0.25) is 5.88 Å². The molecule has 0 fully saturated rings. The van der Waals surface area contributed by atoms with Crippen LogP contribution in [0.15, 0.2) is 42.3 Å². The van der Waals surface area contributed by atoms with Crippen molar-refractivity contribution >= 4 is 28.0 Å². The van der Waals surface area contributed by atoms with Crippen LogP contribution in [-0.4, -0.2) is 60.2 Å². The number of rotatable bonds is 3. The molecule has 0 N–H and O–H groups in total. The van der Waals surface area contributed by atoms with Gasteiger partial charge in [-0.05, 0) is 84.4 Å². The third-order valence-corrected chi connectivity index (χ3v) is 6.74. The summed E-state index contributed by atoms with van der Waals surface area (Å²) >= 11 is 0. The number of alkyl halides is 3. The molecule has 0 saturated heterocycles. The lowest BCUT2D eigenvalue weighted by atomic mass is 9.98. The van der Waals surface area contributed by atoms with Gasteiger partial charge < -0.3 is 13.7 Å². The van der Waals surface area contributed by atoms with Crippen LogP contribution in [0, 0.1) is 17.7 Å². The first-order valence-electron chi connectivity index (χ1n) is 13.7. The molecule has 3 rings (SSSR count). The van der Waals surface area contributed by atoms with Gasteiger partial charge in [0, 0.05) is 18.7 Å². The van der Waals surface area contributed by atoms with Gasteiger partial charge in [-0.25, -0.2) is 18.9 Å². The summed E-state index contributed by atoms with van der Waals surface area (Å²) in [5.41, 5.74) is -5.58. The van der Waals surface area contributed by atoms with Crippen molar-refractivity contribution in [1.29, 1.82) is 0 Å². The summed E-state index contributed by atoms with van der Waals surface area (Å²) in [6, 6.07) is 6.30. The number of amides is 2. The maximum absolute atomic E-state index is 13.4. The van der Waals surface area contributed by atoms with Crippen molar-refractivity contribution in [3.05, 3.63) is 53.7 Å². The van der Waals surface area contributed by atoms with Crippen LogP contribution in [0.3, 0.4) is 0 Å². The Morgan fingerprint density at radius 2 is 1.33 bits per heavy atom. The molecule has 2 heterocycles. The molecule has 2 aliphatic heterocycles. The molecule has 1 aromatic carbocycles. The number of carbonyl (C=O) groups excluding carboxylic acids is 2. The Labute approximate surface area is 250 Å². The Hall–Kier alpha value is -3.29. The average Bonchev–Trinajstić information content (AvgIpc) is 2.82. The molecule has 0 spiro atoms. The van der Waals surface area contributed by atoms with Crippen LogP contribution in [0.25, 0.3) is 5.70 Å². The number of allylic oxidation sites excluding steroid dienone is 2. The highest BCUT2D eigenvalue weighted by molar-refractivity contribution is 7.87. The third kappa shape index (κ3) is 11.0. The van der Waals surface area contributed by atoms with E-state index in [0.717, 1.165) is 23.1 Å². The molecule has 0 aromatic heterocycles. The predicted molar refractivity (Wildman–Crippen MR) is 152 cm³/mol. The van der Waals surface area contributed by atoms with Gasteiger partial charge in [-0.15, -0.1) is 0 Å². The van der Waals surface area contributed by atoms with Gasteiger partial charge in [-0.2, -0.15) is 21.6 Å². The fraction of sp³-hybridized carbons (Fsp3) is 0.586. The number of nitrogens with zero attached hydrogens (tertiary/aromatic N) is 2. The van der Waals surface area contributed by atoms with Crippen LogP contribution in [0.5, 0.6) is 0 Å². The van der Waals surface area contributed by atoms with Gasteiger partial charge in [0.1, 0.15) is 17.0 Å². The minimum atomic E-state index is -5.84. The van der Waals surface area contributed by atoms with E-state index in [-0.39, 0.29) is 30.8 Å². The van der Waals surface area contributed by atoms with Gasteiger partial charge >= 0.3 is 27.8 Å². The smallest absolute Gasteiger partial charge is 0.443 e. The van der Waals surface area contributed by atoms with E-state index in [1.807, 2.05) is 32.9 Å². The molecule has 14 heteroatoms. The molecule has 0 unspecified atom stereocenters. The summed E-state index contributed by atoms with van der Waals surface area (Å²) in [5.74, 6) is -0.718. The van der Waals surface area contributed by atoms with Crippen molar-refractivity contribution in [2.24, 2.45) is 11.8 Å². The molecule has 2 aliphatic rings. The zero-order valence-electron chi connectivity index (χ0n) is 25.6. The van der Waals surface area contributed by atoms with Crippen LogP contribution in [0.1, 0.15) is 73.8 Å². The maximum Gasteiger partial charge on any atom is 0.534 e. The highest BCUT2D eigenvalue weighted by Gasteiger charge is 2.50. The monoisotopic (exact) mass is 636 g/mol. The van der Waals surface area contributed by atoms with Crippen molar-refractivity contribution < 1.29 is 49.2 Å². The molecular formula is C29H40F4N2O7S. The lowest BCUT2D eigenvalue weighted by Crippen LogP contribution is -2.42. The molecule has 0 saturated carbocycles. The summed E-state index contributed by atoms with van der Waals surface area (Å²) in [7, 11) is -5.84. The standard InChI is InChI=1S/C17H22FNO2.C12H18F3NO5S/c1-12-8-9-15(13-6-5-7-14(18)10-13)19(11-12)16(20)21-17(2,3)4;1-8-5-6-9(21-22(18,19)12(13,14)15)16(7-8)10(17)20-11(2,3)4/h5-7,9-10,12H,8,11H2,1-4H3;6,8H,5,7H2,1-4H3/t12-;8-/m00/s1. The minimum absolute atomic E-state index is 0.00583. The molecule has 2 atom stereocenters. The number of hydrogen-bond donors (Lipinski definition) is 0. The van der Waals surface area contributed by atoms with Gasteiger partial charge in [0.15, 0.2) is 0 Å². The number of benzene rings is 1. The Morgan fingerprint density at radius 1 is 0.837 bits per heavy atom. The molecule has 9 nitrogen and oxygen atoms in total. The second-order valence-corrected chi connectivity index (χ2v) is 14.0. The second kappa shape index (κ2) is 13.6. The summed E-state index contributed by atoms with van der Waals surface area (Å²) in [6.07, 6.45) is 2.90. The van der Waals surface area contributed by atoms with Crippen molar-refractivity contribution in [2.45, 2.75) is 84.9 Å². The quantitative estimate of drug-likeness (QED) is 0.193. The van der Waals surface area contributed by atoms with E-state index in [1.165, 1.54) is 12.1 Å². The van der Waals surface area contributed by atoms with E-state index in [9.17, 15) is 35.6 Å². The Morgan fingerprint density at radius 3 is 1.81 bits per heavy atom. The normalized spacial score (nSPS) is 19.8. The lowest BCUT2D eigenvalue weighted by Gasteiger charge is -2.33.